The molecule has 5 rings (SSSR count). The van der Waals surface area contributed by atoms with E-state index in [1.165, 1.54) is 5.57 Å². The molecule has 0 radical (unpaired) electrons. The van der Waals surface area contributed by atoms with Gasteiger partial charge in [-0.25, -0.2) is 0 Å². The Bertz CT molecular complexity index is 842. The maximum atomic E-state index is 13.2. The number of hydrogen-bond acceptors (Lipinski definition) is 4. The van der Waals surface area contributed by atoms with Crippen molar-refractivity contribution in [2.24, 2.45) is 34.5 Å². The molecule has 0 N–H and O–H groups in total. The van der Waals surface area contributed by atoms with E-state index in [0.29, 0.717) is 23.7 Å². The molecule has 1 aliphatic heterocycles. The minimum absolute atomic E-state index is 0.0505. The third-order valence-corrected chi connectivity index (χ3v) is 9.65. The molecule has 164 valence electrons. The fourth-order valence-corrected chi connectivity index (χ4v) is 8.72. The van der Waals surface area contributed by atoms with E-state index in [1.807, 2.05) is 6.08 Å². The second kappa shape index (κ2) is 6.62. The van der Waals surface area contributed by atoms with Crippen molar-refractivity contribution in [1.29, 1.82) is 0 Å². The van der Waals surface area contributed by atoms with Crippen LogP contribution in [-0.2, 0) is 19.1 Å². The molecular formula is C26H36O4. The van der Waals surface area contributed by atoms with Gasteiger partial charge >= 0.3 is 0 Å². The van der Waals surface area contributed by atoms with Gasteiger partial charge in [0.25, 0.3) is 0 Å². The Labute approximate surface area is 180 Å². The van der Waals surface area contributed by atoms with Crippen LogP contribution in [0, 0.1) is 34.5 Å². The van der Waals surface area contributed by atoms with Gasteiger partial charge < -0.3 is 9.47 Å². The van der Waals surface area contributed by atoms with Gasteiger partial charge in [0.2, 0.25) is 0 Å². The van der Waals surface area contributed by atoms with Crippen LogP contribution in [0.5, 0.6) is 0 Å². The molecule has 0 amide bonds. The van der Waals surface area contributed by atoms with Crippen molar-refractivity contribution in [3.05, 3.63) is 23.8 Å². The Hall–Kier alpha value is -1.26. The molecule has 4 fully saturated rings. The van der Waals surface area contributed by atoms with Gasteiger partial charge in [-0.1, -0.05) is 45.8 Å². The normalized spacial score (nSPS) is 51.6. The molecule has 4 aliphatic carbocycles. The van der Waals surface area contributed by atoms with Crippen LogP contribution in [0.1, 0.15) is 73.1 Å². The fraction of sp³-hybridized carbons (Fsp3) is 0.769. The predicted molar refractivity (Wildman–Crippen MR) is 115 cm³/mol. The summed E-state index contributed by atoms with van der Waals surface area (Å²) >= 11 is 0. The van der Waals surface area contributed by atoms with Crippen LogP contribution in [0.15, 0.2) is 23.8 Å². The van der Waals surface area contributed by atoms with E-state index in [4.69, 9.17) is 9.47 Å². The van der Waals surface area contributed by atoms with Gasteiger partial charge in [-0.15, -0.1) is 0 Å². The van der Waals surface area contributed by atoms with Crippen molar-refractivity contribution >= 4 is 11.6 Å². The van der Waals surface area contributed by atoms with Crippen molar-refractivity contribution in [1.82, 2.24) is 0 Å². The van der Waals surface area contributed by atoms with Crippen molar-refractivity contribution in [2.45, 2.75) is 91.1 Å². The lowest BCUT2D eigenvalue weighted by molar-refractivity contribution is -0.189. The van der Waals surface area contributed by atoms with Crippen molar-refractivity contribution in [3.8, 4) is 0 Å². The van der Waals surface area contributed by atoms with Crippen LogP contribution < -0.4 is 0 Å². The first kappa shape index (κ1) is 20.6. The highest BCUT2D eigenvalue weighted by Crippen LogP contribution is 2.70. The second-order valence-corrected chi connectivity index (χ2v) is 11.1. The summed E-state index contributed by atoms with van der Waals surface area (Å²) in [7, 11) is 0. The number of allylic oxidation sites excluding steroid dienone is 4. The zero-order chi connectivity index (χ0) is 21.5. The van der Waals surface area contributed by atoms with E-state index in [0.717, 1.165) is 38.5 Å². The van der Waals surface area contributed by atoms with Crippen LogP contribution in [0.4, 0.5) is 0 Å². The molecule has 9 atom stereocenters. The van der Waals surface area contributed by atoms with Gasteiger partial charge in [-0.3, -0.25) is 9.59 Å². The van der Waals surface area contributed by atoms with Crippen molar-refractivity contribution < 1.29 is 19.1 Å². The molecule has 4 heteroatoms. The summed E-state index contributed by atoms with van der Waals surface area (Å²) < 4.78 is 13.0. The van der Waals surface area contributed by atoms with Crippen LogP contribution in [0.25, 0.3) is 0 Å². The third-order valence-electron chi connectivity index (χ3n) is 9.65. The van der Waals surface area contributed by atoms with Gasteiger partial charge in [0.1, 0.15) is 0 Å². The quantitative estimate of drug-likeness (QED) is 0.653. The Morgan fingerprint density at radius 3 is 2.77 bits per heavy atom. The van der Waals surface area contributed by atoms with E-state index in [-0.39, 0.29) is 34.8 Å². The van der Waals surface area contributed by atoms with E-state index in [1.54, 1.807) is 13.0 Å². The smallest absolute Gasteiger partial charge is 0.178 e. The number of carbonyl (C=O) groups is 2. The highest BCUT2D eigenvalue weighted by Gasteiger charge is 2.74. The molecule has 1 saturated heterocycles. The highest BCUT2D eigenvalue weighted by atomic mass is 16.7. The van der Waals surface area contributed by atoms with Gasteiger partial charge in [-0.2, -0.15) is 0 Å². The minimum Gasteiger partial charge on any atom is -0.346 e. The molecule has 4 nitrogen and oxygen atoms in total. The number of ketones is 2. The minimum atomic E-state index is -0.799. The topological polar surface area (TPSA) is 52.6 Å². The molecule has 0 spiro atoms. The zero-order valence-corrected chi connectivity index (χ0v) is 19.1. The molecule has 30 heavy (non-hydrogen) atoms. The average molecular weight is 413 g/mol. The molecule has 1 unspecified atom stereocenters. The maximum absolute atomic E-state index is 13.2. The van der Waals surface area contributed by atoms with Gasteiger partial charge in [0.15, 0.2) is 23.5 Å². The molecule has 0 aromatic rings. The fourth-order valence-electron chi connectivity index (χ4n) is 8.72. The largest absolute Gasteiger partial charge is 0.346 e. The summed E-state index contributed by atoms with van der Waals surface area (Å²) in [5.74, 6) is 2.16. The number of hydrogen-bond donors (Lipinski definition) is 0. The molecular weight excluding hydrogens is 376 g/mol. The van der Waals surface area contributed by atoms with Crippen LogP contribution in [0.2, 0.25) is 0 Å². The average Bonchev–Trinajstić information content (AvgIpc) is 3.15. The van der Waals surface area contributed by atoms with Crippen molar-refractivity contribution in [2.75, 3.05) is 0 Å². The van der Waals surface area contributed by atoms with E-state index in [9.17, 15) is 9.59 Å². The standard InChI is InChI=1S/C26H36O4/c1-6-7-22-29-21-13-20-19-9-8-17-12-18(28)10-11-24(17,4)23(19)15(2)14-25(20,5)26(21,30-22)16(3)27/h10-12,15,19-23H,6-9,13-14H2,1-5H3/t15-,19-,20-,21+,22?,23-,24-,25-,26+/m0/s1. The number of carbonyl (C=O) groups excluding carboxylic acids is 2. The second-order valence-electron chi connectivity index (χ2n) is 11.1. The molecule has 1 heterocycles. The lowest BCUT2D eigenvalue weighted by Gasteiger charge is -2.60. The Balaban J connectivity index is 1.55. The van der Waals surface area contributed by atoms with E-state index >= 15 is 0 Å². The molecule has 3 saturated carbocycles. The molecule has 0 bridgehead atoms. The van der Waals surface area contributed by atoms with E-state index < -0.39 is 5.60 Å². The van der Waals surface area contributed by atoms with E-state index in [2.05, 4.69) is 33.8 Å². The Kier molecular flexibility index (Phi) is 4.55. The SMILES string of the molecule is CCCC1O[C@@H]2C[C@H]3[C@@H]4CCC5=CC(=O)C=C[C@]5(C)[C@H]4[C@@H](C)C[C@]3(C)[C@]2(C(C)=O)O1. The first-order chi connectivity index (χ1) is 14.2. The number of fused-ring (bicyclic) bond motifs is 7. The first-order valence-corrected chi connectivity index (χ1v) is 12.0. The number of rotatable bonds is 3. The first-order valence-electron chi connectivity index (χ1n) is 12.0. The maximum Gasteiger partial charge on any atom is 0.178 e. The third kappa shape index (κ3) is 2.41. The number of ether oxygens (including phenoxy) is 2. The Morgan fingerprint density at radius 2 is 2.07 bits per heavy atom. The van der Waals surface area contributed by atoms with Gasteiger partial charge in [-0.05, 0) is 74.9 Å². The zero-order valence-electron chi connectivity index (χ0n) is 19.1. The van der Waals surface area contributed by atoms with Gasteiger partial charge in [0, 0.05) is 10.8 Å². The summed E-state index contributed by atoms with van der Waals surface area (Å²) in [6.45, 7) is 10.9. The van der Waals surface area contributed by atoms with Crippen LogP contribution in [0.3, 0.4) is 0 Å². The van der Waals surface area contributed by atoms with Crippen molar-refractivity contribution in [3.63, 3.8) is 0 Å². The summed E-state index contributed by atoms with van der Waals surface area (Å²) in [4.78, 5) is 25.2. The summed E-state index contributed by atoms with van der Waals surface area (Å²) in [6.07, 6.45) is 11.3. The number of Topliss-reactive ketones (excluding diaryl/α,β-unsaturated/α-hetero) is 1. The Morgan fingerprint density at radius 1 is 1.30 bits per heavy atom. The lowest BCUT2D eigenvalue weighted by Crippen LogP contribution is -2.61. The van der Waals surface area contributed by atoms with Crippen LogP contribution in [-0.4, -0.2) is 29.6 Å². The molecule has 0 aromatic heterocycles. The molecule has 0 aromatic carbocycles. The lowest BCUT2D eigenvalue weighted by atomic mass is 9.44. The highest BCUT2D eigenvalue weighted by molar-refractivity contribution is 6.01. The summed E-state index contributed by atoms with van der Waals surface area (Å²) in [5, 5.41) is 0. The monoisotopic (exact) mass is 412 g/mol. The predicted octanol–water partition coefficient (Wildman–Crippen LogP) is 5.02. The van der Waals surface area contributed by atoms with Crippen LogP contribution >= 0.6 is 0 Å². The molecule has 5 aliphatic rings. The van der Waals surface area contributed by atoms with Gasteiger partial charge in [0.05, 0.1) is 6.10 Å². The summed E-state index contributed by atoms with van der Waals surface area (Å²) in [5.41, 5.74) is 0.261. The summed E-state index contributed by atoms with van der Waals surface area (Å²) in [6, 6.07) is 0.